The predicted molar refractivity (Wildman–Crippen MR) is 48.7 cm³/mol. The molecule has 0 aromatic carbocycles. The molecule has 0 radical (unpaired) electrons. The molecule has 0 N–H and O–H groups in total. The number of Topliss-reactive ketones (excluding diaryl/α,β-unsaturated/α-hetero) is 1. The lowest BCUT2D eigenvalue weighted by atomic mass is 10.1. The first-order chi connectivity index (χ1) is 5.75. The van der Waals surface area contributed by atoms with E-state index in [1.807, 2.05) is 0 Å². The molecule has 0 aromatic heterocycles. The van der Waals surface area contributed by atoms with Gasteiger partial charge in [-0.15, -0.1) is 12.3 Å². The fourth-order valence-corrected chi connectivity index (χ4v) is 1.76. The molecule has 2 heteroatoms. The highest BCUT2D eigenvalue weighted by atomic mass is 16.1. The van der Waals surface area contributed by atoms with E-state index in [9.17, 15) is 4.79 Å². The van der Waals surface area contributed by atoms with Crippen LogP contribution in [0.15, 0.2) is 0 Å². The second-order valence-corrected chi connectivity index (χ2v) is 3.26. The molecular weight excluding hydrogens is 150 g/mol. The fourth-order valence-electron chi connectivity index (χ4n) is 1.76. The van der Waals surface area contributed by atoms with Gasteiger partial charge >= 0.3 is 0 Å². The van der Waals surface area contributed by atoms with E-state index in [-0.39, 0.29) is 11.8 Å². The van der Waals surface area contributed by atoms with Crippen LogP contribution in [0, 0.1) is 12.3 Å². The maximum Gasteiger partial charge on any atom is 0.146 e. The van der Waals surface area contributed by atoms with Gasteiger partial charge < -0.3 is 0 Å². The summed E-state index contributed by atoms with van der Waals surface area (Å²) in [6, 6.07) is 0.151. The summed E-state index contributed by atoms with van der Waals surface area (Å²) in [5.41, 5.74) is 0. The van der Waals surface area contributed by atoms with Gasteiger partial charge in [0, 0.05) is 13.0 Å². The molecule has 0 spiro atoms. The second-order valence-electron chi connectivity index (χ2n) is 3.26. The van der Waals surface area contributed by atoms with Crippen molar-refractivity contribution in [3.05, 3.63) is 0 Å². The minimum Gasteiger partial charge on any atom is -0.298 e. The number of rotatable bonds is 3. The average molecular weight is 165 g/mol. The Morgan fingerprint density at radius 1 is 1.75 bits per heavy atom. The summed E-state index contributed by atoms with van der Waals surface area (Å²) < 4.78 is 0. The van der Waals surface area contributed by atoms with Gasteiger partial charge in [0.05, 0.1) is 6.04 Å². The van der Waals surface area contributed by atoms with Crippen molar-refractivity contribution in [2.24, 2.45) is 0 Å². The molecule has 0 amide bonds. The average Bonchev–Trinajstić information content (AvgIpc) is 2.48. The quantitative estimate of drug-likeness (QED) is 0.583. The van der Waals surface area contributed by atoms with Crippen LogP contribution in [-0.2, 0) is 4.79 Å². The Labute approximate surface area is 73.9 Å². The van der Waals surface area contributed by atoms with Gasteiger partial charge in [0.2, 0.25) is 0 Å². The van der Waals surface area contributed by atoms with E-state index in [2.05, 4.69) is 10.8 Å². The molecule has 1 saturated heterocycles. The number of ketones is 1. The van der Waals surface area contributed by atoms with E-state index in [0.29, 0.717) is 0 Å². The molecule has 1 heterocycles. The lowest BCUT2D eigenvalue weighted by Gasteiger charge is -2.20. The minimum atomic E-state index is 0.151. The molecule has 12 heavy (non-hydrogen) atoms. The third kappa shape index (κ3) is 2.09. The zero-order valence-electron chi connectivity index (χ0n) is 7.55. The van der Waals surface area contributed by atoms with Gasteiger partial charge in [-0.25, -0.2) is 0 Å². The van der Waals surface area contributed by atoms with Crippen LogP contribution in [0.5, 0.6) is 0 Å². The molecule has 1 rings (SSSR count). The monoisotopic (exact) mass is 165 g/mol. The summed E-state index contributed by atoms with van der Waals surface area (Å²) in [6.07, 6.45) is 8.07. The van der Waals surface area contributed by atoms with Crippen LogP contribution in [-0.4, -0.2) is 29.8 Å². The molecule has 1 aliphatic rings. The van der Waals surface area contributed by atoms with Gasteiger partial charge in [-0.2, -0.15) is 0 Å². The molecule has 0 aromatic rings. The predicted octanol–water partition coefficient (Wildman–Crippen LogP) is 1.06. The normalized spacial score (nSPS) is 23.8. The zero-order valence-corrected chi connectivity index (χ0v) is 7.55. The van der Waals surface area contributed by atoms with Crippen molar-refractivity contribution in [3.63, 3.8) is 0 Å². The van der Waals surface area contributed by atoms with Crippen molar-refractivity contribution < 1.29 is 4.79 Å². The summed E-state index contributed by atoms with van der Waals surface area (Å²) in [6.45, 7) is 3.57. The second kappa shape index (κ2) is 4.27. The van der Waals surface area contributed by atoms with Gasteiger partial charge in [0.25, 0.3) is 0 Å². The number of likely N-dealkylation sites (tertiary alicyclic amines) is 1. The Kier molecular flexibility index (Phi) is 3.31. The first-order valence-corrected chi connectivity index (χ1v) is 4.43. The summed E-state index contributed by atoms with van der Waals surface area (Å²) in [4.78, 5) is 13.3. The Morgan fingerprint density at radius 2 is 2.50 bits per heavy atom. The van der Waals surface area contributed by atoms with Crippen LogP contribution < -0.4 is 0 Å². The number of carbonyl (C=O) groups excluding carboxylic acids is 1. The van der Waals surface area contributed by atoms with Crippen molar-refractivity contribution in [2.45, 2.75) is 32.2 Å². The fraction of sp³-hybridized carbons (Fsp3) is 0.700. The Hall–Kier alpha value is -0.810. The molecule has 66 valence electrons. The standard InChI is InChI=1S/C10H15NO/c1-3-4-7-11-8-5-6-10(11)9(2)12/h1,10H,4-8H2,2H3/t10-/m0/s1. The maximum absolute atomic E-state index is 11.1. The van der Waals surface area contributed by atoms with Crippen LogP contribution >= 0.6 is 0 Å². The van der Waals surface area contributed by atoms with Crippen molar-refractivity contribution in [3.8, 4) is 12.3 Å². The van der Waals surface area contributed by atoms with Gasteiger partial charge in [-0.05, 0) is 26.3 Å². The van der Waals surface area contributed by atoms with Gasteiger partial charge in [0.15, 0.2) is 0 Å². The maximum atomic E-state index is 11.1. The first kappa shape index (κ1) is 9.28. The SMILES string of the molecule is C#CCCN1CCC[C@H]1C(C)=O. The Balaban J connectivity index is 2.42. The summed E-state index contributed by atoms with van der Waals surface area (Å²) in [5.74, 6) is 2.88. The third-order valence-electron chi connectivity index (χ3n) is 2.38. The van der Waals surface area contributed by atoms with Crippen LogP contribution in [0.1, 0.15) is 26.2 Å². The summed E-state index contributed by atoms with van der Waals surface area (Å²) in [7, 11) is 0. The highest BCUT2D eigenvalue weighted by molar-refractivity contribution is 5.81. The zero-order chi connectivity index (χ0) is 8.97. The molecule has 2 nitrogen and oxygen atoms in total. The molecule has 0 unspecified atom stereocenters. The Bertz CT molecular complexity index is 204. The highest BCUT2D eigenvalue weighted by Crippen LogP contribution is 2.17. The molecular formula is C10H15NO. The molecule has 1 atom stereocenters. The summed E-state index contributed by atoms with van der Waals surface area (Å²) in [5, 5.41) is 0. The smallest absolute Gasteiger partial charge is 0.146 e. The number of nitrogens with zero attached hydrogens (tertiary/aromatic N) is 1. The third-order valence-corrected chi connectivity index (χ3v) is 2.38. The lowest BCUT2D eigenvalue weighted by Crippen LogP contribution is -2.35. The van der Waals surface area contributed by atoms with E-state index in [1.54, 1.807) is 6.92 Å². The molecule has 1 fully saturated rings. The highest BCUT2D eigenvalue weighted by Gasteiger charge is 2.26. The molecule has 0 bridgehead atoms. The number of hydrogen-bond acceptors (Lipinski definition) is 2. The largest absolute Gasteiger partial charge is 0.298 e. The van der Waals surface area contributed by atoms with E-state index < -0.39 is 0 Å². The van der Waals surface area contributed by atoms with Crippen LogP contribution in [0.3, 0.4) is 0 Å². The summed E-state index contributed by atoms with van der Waals surface area (Å²) >= 11 is 0. The number of hydrogen-bond donors (Lipinski definition) is 0. The topological polar surface area (TPSA) is 20.3 Å². The van der Waals surface area contributed by atoms with Gasteiger partial charge in [-0.1, -0.05) is 0 Å². The van der Waals surface area contributed by atoms with Crippen molar-refractivity contribution in [1.29, 1.82) is 0 Å². The number of terminal acetylenes is 1. The van der Waals surface area contributed by atoms with Crippen LogP contribution in [0.25, 0.3) is 0 Å². The molecule has 1 aliphatic heterocycles. The molecule has 0 aliphatic carbocycles. The van der Waals surface area contributed by atoms with Crippen molar-refractivity contribution >= 4 is 5.78 Å². The first-order valence-electron chi connectivity index (χ1n) is 4.43. The van der Waals surface area contributed by atoms with E-state index in [1.165, 1.54) is 0 Å². The lowest BCUT2D eigenvalue weighted by molar-refractivity contribution is -0.121. The van der Waals surface area contributed by atoms with Crippen LogP contribution in [0.4, 0.5) is 0 Å². The van der Waals surface area contributed by atoms with Gasteiger partial charge in [0.1, 0.15) is 5.78 Å². The van der Waals surface area contributed by atoms with Gasteiger partial charge in [-0.3, -0.25) is 9.69 Å². The van der Waals surface area contributed by atoms with E-state index in [4.69, 9.17) is 6.42 Å². The number of carbonyl (C=O) groups is 1. The van der Waals surface area contributed by atoms with Crippen molar-refractivity contribution in [1.82, 2.24) is 4.90 Å². The van der Waals surface area contributed by atoms with Crippen molar-refractivity contribution in [2.75, 3.05) is 13.1 Å². The van der Waals surface area contributed by atoms with E-state index in [0.717, 1.165) is 32.4 Å². The Morgan fingerprint density at radius 3 is 3.08 bits per heavy atom. The van der Waals surface area contributed by atoms with E-state index >= 15 is 0 Å². The molecule has 0 saturated carbocycles. The minimum absolute atomic E-state index is 0.151. The van der Waals surface area contributed by atoms with Crippen LogP contribution in [0.2, 0.25) is 0 Å².